The Bertz CT molecular complexity index is 1090. The maximum atomic E-state index is 13.2. The van der Waals surface area contributed by atoms with Gasteiger partial charge in [0.05, 0.1) is 25.8 Å². The molecule has 1 atom stereocenters. The van der Waals surface area contributed by atoms with E-state index < -0.39 is 17.7 Å². The van der Waals surface area contributed by atoms with Crippen molar-refractivity contribution in [2.24, 2.45) is 0 Å². The summed E-state index contributed by atoms with van der Waals surface area (Å²) in [4.78, 5) is 29.7. The van der Waals surface area contributed by atoms with Gasteiger partial charge in [-0.1, -0.05) is 12.7 Å². The van der Waals surface area contributed by atoms with Crippen molar-refractivity contribution in [1.82, 2.24) is 9.80 Å². The van der Waals surface area contributed by atoms with Crippen LogP contribution in [-0.2, 0) is 9.59 Å². The molecule has 1 aliphatic rings. The third-order valence-electron chi connectivity index (χ3n) is 5.56. The maximum Gasteiger partial charge on any atom is 0.295 e. The van der Waals surface area contributed by atoms with Crippen molar-refractivity contribution in [1.29, 1.82) is 0 Å². The molecule has 1 N–H and O–H groups in total. The van der Waals surface area contributed by atoms with Gasteiger partial charge in [-0.3, -0.25) is 9.59 Å². The number of rotatable bonds is 10. The Kier molecular flexibility index (Phi) is 7.96. The number of ketones is 1. The average Bonchev–Trinajstić information content (AvgIpc) is 3.10. The van der Waals surface area contributed by atoms with Crippen LogP contribution in [0.3, 0.4) is 0 Å². The Labute approximate surface area is 199 Å². The van der Waals surface area contributed by atoms with Crippen molar-refractivity contribution in [2.45, 2.75) is 6.04 Å². The molecule has 1 unspecified atom stereocenters. The lowest BCUT2D eigenvalue weighted by molar-refractivity contribution is -0.140. The molecule has 0 saturated carbocycles. The number of aliphatic hydroxyl groups excluding tert-OH is 1. The Balaban J connectivity index is 2.16. The van der Waals surface area contributed by atoms with E-state index in [0.717, 1.165) is 0 Å². The molecule has 0 bridgehead atoms. The molecular weight excluding hydrogens is 436 g/mol. The molecule has 8 nitrogen and oxygen atoms in total. The number of carbonyl (C=O) groups is 2. The van der Waals surface area contributed by atoms with Gasteiger partial charge in [-0.25, -0.2) is 0 Å². The Morgan fingerprint density at radius 3 is 2.35 bits per heavy atom. The van der Waals surface area contributed by atoms with Gasteiger partial charge in [0.2, 0.25) is 0 Å². The third kappa shape index (κ3) is 5.07. The second-order valence-corrected chi connectivity index (χ2v) is 8.03. The van der Waals surface area contributed by atoms with Gasteiger partial charge in [-0.2, -0.15) is 0 Å². The average molecular weight is 467 g/mol. The summed E-state index contributed by atoms with van der Waals surface area (Å²) in [5, 5.41) is 11.2. The number of nitrogens with zero attached hydrogens (tertiary/aromatic N) is 2. The maximum absolute atomic E-state index is 13.2. The summed E-state index contributed by atoms with van der Waals surface area (Å²) in [6, 6.07) is 11.0. The predicted molar refractivity (Wildman–Crippen MR) is 129 cm³/mol. The number of methoxy groups -OCH3 is 2. The molecule has 1 saturated heterocycles. The summed E-state index contributed by atoms with van der Waals surface area (Å²) in [5.74, 6) is -0.0913. The van der Waals surface area contributed by atoms with Gasteiger partial charge < -0.3 is 29.1 Å². The zero-order chi connectivity index (χ0) is 24.8. The van der Waals surface area contributed by atoms with Gasteiger partial charge in [-0.15, -0.1) is 0 Å². The number of aliphatic hydroxyl groups is 1. The van der Waals surface area contributed by atoms with Crippen LogP contribution in [-0.4, -0.2) is 74.6 Å². The quantitative estimate of drug-likeness (QED) is 0.249. The lowest BCUT2D eigenvalue weighted by atomic mass is 9.94. The van der Waals surface area contributed by atoms with Crippen LogP contribution in [0.5, 0.6) is 17.2 Å². The van der Waals surface area contributed by atoms with Crippen molar-refractivity contribution in [2.75, 3.05) is 48.0 Å². The zero-order valence-electron chi connectivity index (χ0n) is 19.9. The van der Waals surface area contributed by atoms with E-state index in [9.17, 15) is 14.7 Å². The van der Waals surface area contributed by atoms with Crippen LogP contribution >= 0.6 is 0 Å². The van der Waals surface area contributed by atoms with E-state index in [2.05, 4.69) is 6.58 Å². The zero-order valence-corrected chi connectivity index (χ0v) is 19.9. The first-order valence-corrected chi connectivity index (χ1v) is 10.8. The van der Waals surface area contributed by atoms with Gasteiger partial charge in [0.25, 0.3) is 11.7 Å². The molecule has 180 valence electrons. The standard InChI is InChI=1S/C26H30N2O6/c1-6-15-34-18-9-7-17(8-10-18)24(29)22-23(20-16-19(32-4)11-12-21(20)33-5)28(14-13-27(2)3)26(31)25(22)30/h6-12,16,23,29H,1,13-15H2,2-5H3/b24-22-. The minimum Gasteiger partial charge on any atom is -0.507 e. The minimum absolute atomic E-state index is 0.00457. The summed E-state index contributed by atoms with van der Waals surface area (Å²) in [7, 11) is 6.81. The lowest BCUT2D eigenvalue weighted by Crippen LogP contribution is -2.35. The monoisotopic (exact) mass is 466 g/mol. The van der Waals surface area contributed by atoms with E-state index in [0.29, 0.717) is 41.5 Å². The number of ether oxygens (including phenoxy) is 3. The SMILES string of the molecule is C=CCOc1ccc(/C(O)=C2/C(=O)C(=O)N(CCN(C)C)C2c2cc(OC)ccc2OC)cc1. The van der Waals surface area contributed by atoms with Crippen LogP contribution in [0, 0.1) is 0 Å². The summed E-state index contributed by atoms with van der Waals surface area (Å²) in [5.41, 5.74) is 0.936. The Morgan fingerprint density at radius 2 is 1.76 bits per heavy atom. The summed E-state index contributed by atoms with van der Waals surface area (Å²) >= 11 is 0. The van der Waals surface area contributed by atoms with E-state index in [1.165, 1.54) is 19.1 Å². The van der Waals surface area contributed by atoms with Gasteiger partial charge in [0.1, 0.15) is 29.6 Å². The highest BCUT2D eigenvalue weighted by atomic mass is 16.5. The smallest absolute Gasteiger partial charge is 0.295 e. The number of amides is 1. The molecule has 3 rings (SSSR count). The highest BCUT2D eigenvalue weighted by Gasteiger charge is 2.47. The largest absolute Gasteiger partial charge is 0.507 e. The van der Waals surface area contributed by atoms with Crippen molar-refractivity contribution in [3.05, 3.63) is 71.8 Å². The first-order chi connectivity index (χ1) is 16.3. The molecule has 1 heterocycles. The molecule has 0 aromatic heterocycles. The van der Waals surface area contributed by atoms with Crippen LogP contribution in [0.25, 0.3) is 5.76 Å². The number of carbonyl (C=O) groups excluding carboxylic acids is 2. The van der Waals surface area contributed by atoms with Crippen LogP contribution in [0.15, 0.2) is 60.7 Å². The summed E-state index contributed by atoms with van der Waals surface area (Å²) < 4.78 is 16.4. The normalized spacial score (nSPS) is 17.2. The number of hydrogen-bond acceptors (Lipinski definition) is 7. The van der Waals surface area contributed by atoms with Crippen LogP contribution in [0.4, 0.5) is 0 Å². The second kappa shape index (κ2) is 10.9. The minimum atomic E-state index is -0.846. The number of likely N-dealkylation sites (N-methyl/N-ethyl adjacent to an activating group) is 1. The molecule has 34 heavy (non-hydrogen) atoms. The van der Waals surface area contributed by atoms with Gasteiger partial charge >= 0.3 is 0 Å². The number of benzene rings is 2. The summed E-state index contributed by atoms with van der Waals surface area (Å²) in [6.45, 7) is 4.78. The molecule has 1 fully saturated rings. The van der Waals surface area contributed by atoms with E-state index in [-0.39, 0.29) is 17.9 Å². The number of likely N-dealkylation sites (tertiary alicyclic amines) is 1. The molecule has 0 aliphatic carbocycles. The molecule has 1 amide bonds. The molecule has 2 aromatic carbocycles. The molecule has 2 aromatic rings. The van der Waals surface area contributed by atoms with Gasteiger partial charge in [0, 0.05) is 24.2 Å². The third-order valence-corrected chi connectivity index (χ3v) is 5.56. The van der Waals surface area contributed by atoms with Crippen molar-refractivity contribution in [3.8, 4) is 17.2 Å². The first kappa shape index (κ1) is 24.9. The predicted octanol–water partition coefficient (Wildman–Crippen LogP) is 3.25. The Morgan fingerprint density at radius 1 is 1.09 bits per heavy atom. The fraction of sp³-hybridized carbons (Fsp3) is 0.308. The van der Waals surface area contributed by atoms with Crippen molar-refractivity contribution in [3.63, 3.8) is 0 Å². The highest BCUT2D eigenvalue weighted by Crippen LogP contribution is 2.43. The van der Waals surface area contributed by atoms with Crippen LogP contribution < -0.4 is 14.2 Å². The molecule has 1 aliphatic heterocycles. The summed E-state index contributed by atoms with van der Waals surface area (Å²) in [6.07, 6.45) is 1.63. The van der Waals surface area contributed by atoms with E-state index >= 15 is 0 Å². The fourth-order valence-corrected chi connectivity index (χ4v) is 3.81. The molecule has 8 heteroatoms. The number of Topliss-reactive ketones (excluding diaryl/α,β-unsaturated/α-hetero) is 1. The second-order valence-electron chi connectivity index (χ2n) is 8.03. The van der Waals surface area contributed by atoms with Crippen LogP contribution in [0.2, 0.25) is 0 Å². The number of hydrogen-bond donors (Lipinski definition) is 1. The Hall–Kier alpha value is -3.78. The van der Waals surface area contributed by atoms with Crippen LogP contribution in [0.1, 0.15) is 17.2 Å². The molecule has 0 spiro atoms. The highest BCUT2D eigenvalue weighted by molar-refractivity contribution is 6.46. The van der Waals surface area contributed by atoms with Crippen molar-refractivity contribution < 1.29 is 28.9 Å². The topological polar surface area (TPSA) is 88.5 Å². The first-order valence-electron chi connectivity index (χ1n) is 10.8. The van der Waals surface area contributed by atoms with Crippen molar-refractivity contribution >= 4 is 17.4 Å². The van der Waals surface area contributed by atoms with E-state index in [4.69, 9.17) is 14.2 Å². The molecular formula is C26H30N2O6. The molecule has 0 radical (unpaired) electrons. The van der Waals surface area contributed by atoms with E-state index in [1.54, 1.807) is 48.5 Å². The van der Waals surface area contributed by atoms with Gasteiger partial charge in [0.15, 0.2) is 0 Å². The lowest BCUT2D eigenvalue weighted by Gasteiger charge is -2.28. The van der Waals surface area contributed by atoms with E-state index in [1.807, 2.05) is 19.0 Å². The van der Waals surface area contributed by atoms with Gasteiger partial charge in [-0.05, 0) is 56.6 Å². The fourth-order valence-electron chi connectivity index (χ4n) is 3.81.